The standard InChI is InChI=1S/C20H34/c1-6-20(14-8-10-18(4)5)15-12-19(13-16-20)11-7-9-17(2)3/h6,9-10,19H,1,7-8,11-16H2,2-5H3. The second kappa shape index (κ2) is 8.49. The Hall–Kier alpha value is -0.780. The van der Waals surface area contributed by atoms with Crippen LogP contribution < -0.4 is 0 Å². The van der Waals surface area contributed by atoms with Gasteiger partial charge in [0.25, 0.3) is 0 Å². The van der Waals surface area contributed by atoms with Gasteiger partial charge in [-0.25, -0.2) is 0 Å². The molecule has 0 amide bonds. The monoisotopic (exact) mass is 274 g/mol. The normalized spacial score (nSPS) is 25.9. The van der Waals surface area contributed by atoms with Crippen LogP contribution in [0.1, 0.15) is 79.1 Å². The third-order valence-electron chi connectivity index (χ3n) is 4.86. The smallest absolute Gasteiger partial charge is 0.0118 e. The molecule has 0 heterocycles. The van der Waals surface area contributed by atoms with Crippen LogP contribution >= 0.6 is 0 Å². The van der Waals surface area contributed by atoms with Gasteiger partial charge < -0.3 is 0 Å². The fourth-order valence-corrected chi connectivity index (χ4v) is 3.35. The zero-order chi connectivity index (χ0) is 15.0. The van der Waals surface area contributed by atoms with Gasteiger partial charge in [-0.15, -0.1) is 6.58 Å². The van der Waals surface area contributed by atoms with Gasteiger partial charge in [0.1, 0.15) is 0 Å². The van der Waals surface area contributed by atoms with Gasteiger partial charge >= 0.3 is 0 Å². The highest BCUT2D eigenvalue weighted by molar-refractivity contribution is 5.01. The molecule has 0 aromatic rings. The first-order valence-corrected chi connectivity index (χ1v) is 8.38. The van der Waals surface area contributed by atoms with Crippen LogP contribution in [0.2, 0.25) is 0 Å². The lowest BCUT2D eigenvalue weighted by atomic mass is 9.67. The predicted molar refractivity (Wildman–Crippen MR) is 91.9 cm³/mol. The van der Waals surface area contributed by atoms with E-state index in [0.29, 0.717) is 5.41 Å². The van der Waals surface area contributed by atoms with E-state index in [1.54, 1.807) is 0 Å². The highest BCUT2D eigenvalue weighted by Crippen LogP contribution is 2.44. The molecule has 0 bridgehead atoms. The van der Waals surface area contributed by atoms with Crippen molar-refractivity contribution in [3.05, 3.63) is 36.0 Å². The molecule has 0 aliphatic heterocycles. The molecular weight excluding hydrogens is 240 g/mol. The molecule has 0 heteroatoms. The third kappa shape index (κ3) is 6.11. The Morgan fingerprint density at radius 2 is 1.55 bits per heavy atom. The van der Waals surface area contributed by atoms with Crippen LogP contribution in [0.4, 0.5) is 0 Å². The molecule has 1 aliphatic carbocycles. The molecule has 0 aromatic heterocycles. The summed E-state index contributed by atoms with van der Waals surface area (Å²) in [6.45, 7) is 12.9. The summed E-state index contributed by atoms with van der Waals surface area (Å²) in [7, 11) is 0. The van der Waals surface area contributed by atoms with Gasteiger partial charge in [0.2, 0.25) is 0 Å². The van der Waals surface area contributed by atoms with Gasteiger partial charge in [-0.05, 0) is 90.4 Å². The minimum Gasteiger partial charge on any atom is -0.103 e. The Kier molecular flexibility index (Phi) is 7.34. The van der Waals surface area contributed by atoms with Crippen molar-refractivity contribution in [3.8, 4) is 0 Å². The van der Waals surface area contributed by atoms with Crippen molar-refractivity contribution in [2.45, 2.75) is 79.1 Å². The molecular formula is C20H34. The van der Waals surface area contributed by atoms with Gasteiger partial charge in [-0.1, -0.05) is 29.4 Å². The van der Waals surface area contributed by atoms with Crippen LogP contribution in [0, 0.1) is 11.3 Å². The molecule has 0 atom stereocenters. The van der Waals surface area contributed by atoms with Crippen LogP contribution in [-0.4, -0.2) is 0 Å². The van der Waals surface area contributed by atoms with E-state index in [4.69, 9.17) is 0 Å². The molecule has 1 aliphatic rings. The van der Waals surface area contributed by atoms with E-state index in [2.05, 4.69) is 52.5 Å². The summed E-state index contributed by atoms with van der Waals surface area (Å²) in [5, 5.41) is 0. The van der Waals surface area contributed by atoms with Crippen molar-refractivity contribution in [2.75, 3.05) is 0 Å². The third-order valence-corrected chi connectivity index (χ3v) is 4.86. The second-order valence-corrected chi connectivity index (χ2v) is 7.19. The molecule has 0 aromatic carbocycles. The zero-order valence-electron chi connectivity index (χ0n) is 14.2. The molecule has 0 N–H and O–H groups in total. The van der Waals surface area contributed by atoms with E-state index < -0.39 is 0 Å². The molecule has 0 nitrogen and oxygen atoms in total. The van der Waals surface area contributed by atoms with Crippen molar-refractivity contribution >= 4 is 0 Å². The largest absolute Gasteiger partial charge is 0.103 e. The highest BCUT2D eigenvalue weighted by atomic mass is 14.4. The molecule has 1 rings (SSSR count). The Morgan fingerprint density at radius 3 is 2.05 bits per heavy atom. The summed E-state index contributed by atoms with van der Waals surface area (Å²) in [5.41, 5.74) is 3.33. The van der Waals surface area contributed by atoms with Gasteiger partial charge in [0, 0.05) is 0 Å². The van der Waals surface area contributed by atoms with E-state index in [1.165, 1.54) is 62.5 Å². The summed E-state index contributed by atoms with van der Waals surface area (Å²) < 4.78 is 0. The topological polar surface area (TPSA) is 0 Å². The summed E-state index contributed by atoms with van der Waals surface area (Å²) in [4.78, 5) is 0. The van der Waals surface area contributed by atoms with Crippen LogP contribution in [0.3, 0.4) is 0 Å². The number of hydrogen-bond donors (Lipinski definition) is 0. The van der Waals surface area contributed by atoms with Crippen molar-refractivity contribution < 1.29 is 0 Å². The van der Waals surface area contributed by atoms with Gasteiger partial charge in [-0.3, -0.25) is 0 Å². The highest BCUT2D eigenvalue weighted by Gasteiger charge is 2.31. The summed E-state index contributed by atoms with van der Waals surface area (Å²) >= 11 is 0. The SMILES string of the molecule is C=CC1(CCC=C(C)C)CCC(CCC=C(C)C)CC1. The average Bonchev–Trinajstić information content (AvgIpc) is 2.40. The molecule has 20 heavy (non-hydrogen) atoms. The molecule has 1 saturated carbocycles. The van der Waals surface area contributed by atoms with Crippen molar-refractivity contribution in [1.82, 2.24) is 0 Å². The van der Waals surface area contributed by atoms with Gasteiger partial charge in [0.15, 0.2) is 0 Å². The first-order chi connectivity index (χ1) is 9.47. The molecule has 0 saturated heterocycles. The van der Waals surface area contributed by atoms with Crippen molar-refractivity contribution in [2.24, 2.45) is 11.3 Å². The quantitative estimate of drug-likeness (QED) is 0.446. The Balaban J connectivity index is 2.39. The Labute approximate surface area is 127 Å². The average molecular weight is 274 g/mol. The van der Waals surface area contributed by atoms with Crippen molar-refractivity contribution in [1.29, 1.82) is 0 Å². The Morgan fingerprint density at radius 1 is 1.00 bits per heavy atom. The summed E-state index contributed by atoms with van der Waals surface area (Å²) in [6, 6.07) is 0. The number of hydrogen-bond acceptors (Lipinski definition) is 0. The molecule has 1 fully saturated rings. The van der Waals surface area contributed by atoms with Crippen LogP contribution in [0.5, 0.6) is 0 Å². The lowest BCUT2D eigenvalue weighted by Crippen LogP contribution is -2.25. The van der Waals surface area contributed by atoms with Crippen molar-refractivity contribution in [3.63, 3.8) is 0 Å². The van der Waals surface area contributed by atoms with E-state index in [1.807, 2.05) is 0 Å². The molecule has 114 valence electrons. The van der Waals surface area contributed by atoms with Crippen LogP contribution in [-0.2, 0) is 0 Å². The van der Waals surface area contributed by atoms with Crippen LogP contribution in [0.25, 0.3) is 0 Å². The zero-order valence-corrected chi connectivity index (χ0v) is 14.2. The maximum Gasteiger partial charge on any atom is -0.0118 e. The van der Waals surface area contributed by atoms with E-state index in [-0.39, 0.29) is 0 Å². The lowest BCUT2D eigenvalue weighted by molar-refractivity contribution is 0.185. The Bertz CT molecular complexity index is 340. The summed E-state index contributed by atoms with van der Waals surface area (Å²) in [6.07, 6.45) is 17.7. The first-order valence-electron chi connectivity index (χ1n) is 8.38. The minimum absolute atomic E-state index is 0.430. The maximum atomic E-state index is 4.13. The number of allylic oxidation sites excluding steroid dienone is 5. The lowest BCUT2D eigenvalue weighted by Gasteiger charge is -2.38. The van der Waals surface area contributed by atoms with E-state index in [9.17, 15) is 0 Å². The number of rotatable bonds is 7. The predicted octanol–water partition coefficient (Wildman–Crippen LogP) is 6.84. The minimum atomic E-state index is 0.430. The molecule has 0 radical (unpaired) electrons. The maximum absolute atomic E-state index is 4.13. The fraction of sp³-hybridized carbons (Fsp3) is 0.700. The van der Waals surface area contributed by atoms with Crippen LogP contribution in [0.15, 0.2) is 36.0 Å². The molecule has 0 unspecified atom stereocenters. The fourth-order valence-electron chi connectivity index (χ4n) is 3.35. The first kappa shape index (κ1) is 17.3. The second-order valence-electron chi connectivity index (χ2n) is 7.19. The van der Waals surface area contributed by atoms with Gasteiger partial charge in [0.05, 0.1) is 0 Å². The van der Waals surface area contributed by atoms with E-state index in [0.717, 1.165) is 5.92 Å². The summed E-state index contributed by atoms with van der Waals surface area (Å²) in [5.74, 6) is 0.946. The van der Waals surface area contributed by atoms with E-state index >= 15 is 0 Å². The van der Waals surface area contributed by atoms with Gasteiger partial charge in [-0.2, -0.15) is 0 Å². The molecule has 0 spiro atoms.